The summed E-state index contributed by atoms with van der Waals surface area (Å²) >= 11 is 1.93. The van der Waals surface area contributed by atoms with Gasteiger partial charge >= 0.3 is 0 Å². The number of hydrogen-bond donors (Lipinski definition) is 1. The van der Waals surface area contributed by atoms with Crippen LogP contribution in [-0.4, -0.2) is 42.0 Å². The van der Waals surface area contributed by atoms with E-state index in [1.54, 1.807) is 12.1 Å². The van der Waals surface area contributed by atoms with Crippen LogP contribution in [0.25, 0.3) is 0 Å². The summed E-state index contributed by atoms with van der Waals surface area (Å²) in [6.07, 6.45) is 0. The number of nitrogens with zero attached hydrogens (tertiary/aromatic N) is 2. The first-order valence-corrected chi connectivity index (χ1v) is 7.28. The molecular formula is C14H16FN3S. The highest BCUT2D eigenvalue weighted by Crippen LogP contribution is 2.08. The van der Waals surface area contributed by atoms with Gasteiger partial charge in [0.25, 0.3) is 0 Å². The third kappa shape index (κ3) is 4.49. The first-order valence-electron chi connectivity index (χ1n) is 6.13. The Morgan fingerprint density at radius 2 is 2.21 bits per heavy atom. The maximum atomic E-state index is 12.9. The van der Waals surface area contributed by atoms with Gasteiger partial charge in [0.1, 0.15) is 12.4 Å². The van der Waals surface area contributed by atoms with Gasteiger partial charge in [0.2, 0.25) is 0 Å². The van der Waals surface area contributed by atoms with Gasteiger partial charge in [-0.1, -0.05) is 17.9 Å². The van der Waals surface area contributed by atoms with Crippen molar-refractivity contribution in [3.8, 4) is 11.8 Å². The Labute approximate surface area is 117 Å². The third-order valence-electron chi connectivity index (χ3n) is 2.71. The van der Waals surface area contributed by atoms with Crippen molar-refractivity contribution < 1.29 is 4.39 Å². The van der Waals surface area contributed by atoms with Crippen LogP contribution in [0.2, 0.25) is 0 Å². The Morgan fingerprint density at radius 1 is 1.42 bits per heavy atom. The molecule has 100 valence electrons. The Morgan fingerprint density at radius 3 is 2.95 bits per heavy atom. The second-order valence-electron chi connectivity index (χ2n) is 4.09. The van der Waals surface area contributed by atoms with Crippen LogP contribution in [-0.2, 0) is 0 Å². The molecular weight excluding hydrogens is 261 g/mol. The van der Waals surface area contributed by atoms with E-state index in [4.69, 9.17) is 5.73 Å². The zero-order chi connectivity index (χ0) is 13.5. The van der Waals surface area contributed by atoms with Crippen LogP contribution in [0.4, 0.5) is 4.39 Å². The van der Waals surface area contributed by atoms with Gasteiger partial charge in [-0.2, -0.15) is 11.8 Å². The zero-order valence-electron chi connectivity index (χ0n) is 10.6. The molecule has 0 amide bonds. The Kier molecular flexibility index (Phi) is 5.10. The molecule has 0 atom stereocenters. The molecule has 3 nitrogen and oxygen atoms in total. The highest BCUT2D eigenvalue weighted by atomic mass is 32.2. The SMILES string of the molecule is NC(=NCC#Cc1cccc(F)c1)N1CCSCC1. The van der Waals surface area contributed by atoms with Crippen molar-refractivity contribution in [3.05, 3.63) is 35.6 Å². The number of hydrogen-bond acceptors (Lipinski definition) is 2. The van der Waals surface area contributed by atoms with Crippen LogP contribution in [0.15, 0.2) is 29.3 Å². The quantitative estimate of drug-likeness (QED) is 0.481. The molecule has 0 aliphatic carbocycles. The van der Waals surface area contributed by atoms with Crippen molar-refractivity contribution in [3.63, 3.8) is 0 Å². The van der Waals surface area contributed by atoms with Crippen molar-refractivity contribution >= 4 is 17.7 Å². The van der Waals surface area contributed by atoms with E-state index in [1.165, 1.54) is 12.1 Å². The van der Waals surface area contributed by atoms with E-state index in [-0.39, 0.29) is 5.82 Å². The van der Waals surface area contributed by atoms with Crippen LogP contribution < -0.4 is 5.73 Å². The lowest BCUT2D eigenvalue weighted by atomic mass is 10.2. The molecule has 1 fully saturated rings. The summed E-state index contributed by atoms with van der Waals surface area (Å²) in [4.78, 5) is 6.30. The molecule has 19 heavy (non-hydrogen) atoms. The fourth-order valence-corrected chi connectivity index (χ4v) is 2.62. The van der Waals surface area contributed by atoms with Gasteiger partial charge in [-0.05, 0) is 18.2 Å². The normalized spacial score (nSPS) is 15.8. The van der Waals surface area contributed by atoms with Crippen LogP contribution in [0, 0.1) is 17.7 Å². The molecule has 0 bridgehead atoms. The summed E-state index contributed by atoms with van der Waals surface area (Å²) in [5, 5.41) is 0. The number of aliphatic imine (C=N–C) groups is 1. The average molecular weight is 277 g/mol. The predicted octanol–water partition coefficient (Wildman–Crippen LogP) is 1.54. The molecule has 1 aliphatic heterocycles. The molecule has 1 heterocycles. The molecule has 1 aromatic carbocycles. The number of guanidine groups is 1. The van der Waals surface area contributed by atoms with E-state index in [0.717, 1.165) is 24.6 Å². The largest absolute Gasteiger partial charge is 0.370 e. The van der Waals surface area contributed by atoms with Gasteiger partial charge in [0.05, 0.1) is 0 Å². The van der Waals surface area contributed by atoms with E-state index in [9.17, 15) is 4.39 Å². The van der Waals surface area contributed by atoms with Crippen molar-refractivity contribution in [2.75, 3.05) is 31.1 Å². The van der Waals surface area contributed by atoms with E-state index in [0.29, 0.717) is 18.1 Å². The van der Waals surface area contributed by atoms with E-state index >= 15 is 0 Å². The van der Waals surface area contributed by atoms with Crippen LogP contribution >= 0.6 is 11.8 Å². The van der Waals surface area contributed by atoms with Crippen molar-refractivity contribution in [2.45, 2.75) is 0 Å². The van der Waals surface area contributed by atoms with Gasteiger partial charge in [0.15, 0.2) is 5.96 Å². The van der Waals surface area contributed by atoms with E-state index in [2.05, 4.69) is 21.7 Å². The third-order valence-corrected chi connectivity index (χ3v) is 3.66. The smallest absolute Gasteiger partial charge is 0.192 e. The highest BCUT2D eigenvalue weighted by molar-refractivity contribution is 7.99. The Balaban J connectivity index is 1.88. The molecule has 0 unspecified atom stereocenters. The van der Waals surface area contributed by atoms with Crippen LogP contribution in [0.5, 0.6) is 0 Å². The first-order chi connectivity index (χ1) is 9.25. The molecule has 1 aliphatic rings. The summed E-state index contributed by atoms with van der Waals surface area (Å²) in [5.74, 6) is 8.20. The maximum absolute atomic E-state index is 12.9. The van der Waals surface area contributed by atoms with Crippen molar-refractivity contribution in [1.82, 2.24) is 4.90 Å². The molecule has 1 saturated heterocycles. The lowest BCUT2D eigenvalue weighted by Gasteiger charge is -2.26. The molecule has 2 N–H and O–H groups in total. The topological polar surface area (TPSA) is 41.6 Å². The first kappa shape index (κ1) is 13.8. The number of nitrogens with two attached hydrogens (primary N) is 1. The Hall–Kier alpha value is -1.67. The lowest BCUT2D eigenvalue weighted by Crippen LogP contribution is -2.42. The summed E-state index contributed by atoms with van der Waals surface area (Å²) in [6, 6.07) is 6.21. The minimum Gasteiger partial charge on any atom is -0.370 e. The van der Waals surface area contributed by atoms with Gasteiger partial charge in [-0.15, -0.1) is 0 Å². The van der Waals surface area contributed by atoms with Crippen LogP contribution in [0.3, 0.4) is 0 Å². The molecule has 1 aromatic rings. The molecule has 2 rings (SSSR count). The van der Waals surface area contributed by atoms with Crippen molar-refractivity contribution in [2.24, 2.45) is 10.7 Å². The second kappa shape index (κ2) is 7.05. The maximum Gasteiger partial charge on any atom is 0.192 e. The van der Waals surface area contributed by atoms with Crippen LogP contribution in [0.1, 0.15) is 5.56 Å². The monoisotopic (exact) mass is 277 g/mol. The number of halogens is 1. The molecule has 5 heteroatoms. The fraction of sp³-hybridized carbons (Fsp3) is 0.357. The predicted molar refractivity (Wildman–Crippen MR) is 78.7 cm³/mol. The lowest BCUT2D eigenvalue weighted by molar-refractivity contribution is 0.457. The fourth-order valence-electron chi connectivity index (χ4n) is 1.72. The summed E-state index contributed by atoms with van der Waals surface area (Å²) in [6.45, 7) is 2.22. The van der Waals surface area contributed by atoms with Gasteiger partial charge in [-0.25, -0.2) is 9.38 Å². The summed E-state index contributed by atoms with van der Waals surface area (Å²) in [7, 11) is 0. The van der Waals surface area contributed by atoms with Gasteiger partial charge in [0, 0.05) is 30.2 Å². The minimum absolute atomic E-state index is 0.277. The van der Waals surface area contributed by atoms with E-state index < -0.39 is 0 Å². The molecule has 0 radical (unpaired) electrons. The van der Waals surface area contributed by atoms with Gasteiger partial charge < -0.3 is 10.6 Å². The standard InChI is InChI=1S/C14H16FN3S/c15-13-5-1-3-12(11-13)4-2-6-17-14(16)18-7-9-19-10-8-18/h1,3,5,11H,6-10H2,(H2,16,17). The minimum atomic E-state index is -0.277. The zero-order valence-corrected chi connectivity index (χ0v) is 11.4. The molecule has 0 saturated carbocycles. The van der Waals surface area contributed by atoms with E-state index in [1.807, 2.05) is 11.8 Å². The van der Waals surface area contributed by atoms with Crippen molar-refractivity contribution in [1.29, 1.82) is 0 Å². The van der Waals surface area contributed by atoms with Gasteiger partial charge in [-0.3, -0.25) is 0 Å². The number of benzene rings is 1. The number of thioether (sulfide) groups is 1. The molecule has 0 spiro atoms. The average Bonchev–Trinajstić information content (AvgIpc) is 2.44. The molecule has 0 aromatic heterocycles. The summed E-state index contributed by atoms with van der Waals surface area (Å²) in [5.41, 5.74) is 6.55. The Bertz CT molecular complexity index is 513. The summed E-state index contributed by atoms with van der Waals surface area (Å²) < 4.78 is 12.9. The number of rotatable bonds is 1. The second-order valence-corrected chi connectivity index (χ2v) is 5.31. The highest BCUT2D eigenvalue weighted by Gasteiger charge is 2.11.